The maximum Gasteiger partial charge on any atom is 0.240 e. The van der Waals surface area contributed by atoms with Crippen molar-refractivity contribution in [2.75, 3.05) is 13.2 Å². The third-order valence-corrected chi connectivity index (χ3v) is 4.86. The highest BCUT2D eigenvalue weighted by atomic mass is 32.2. The summed E-state index contributed by atoms with van der Waals surface area (Å²) in [6.45, 7) is 3.71. The third kappa shape index (κ3) is 4.16. The lowest BCUT2D eigenvalue weighted by Gasteiger charge is -2.21. The first-order valence-electron chi connectivity index (χ1n) is 7.10. The van der Waals surface area contributed by atoms with Crippen molar-refractivity contribution in [1.82, 2.24) is 4.72 Å². The molecule has 2 aromatic carbocycles. The molecule has 0 radical (unpaired) electrons. The van der Waals surface area contributed by atoms with Crippen LogP contribution in [-0.4, -0.2) is 26.7 Å². The van der Waals surface area contributed by atoms with E-state index >= 15 is 0 Å². The molecular weight excluding hydrogens is 298 g/mol. The Morgan fingerprint density at radius 2 is 1.50 bits per heavy atom. The zero-order valence-corrected chi connectivity index (χ0v) is 13.6. The van der Waals surface area contributed by atoms with Gasteiger partial charge in [-0.15, -0.1) is 0 Å². The van der Waals surface area contributed by atoms with Gasteiger partial charge in [0.05, 0.1) is 4.90 Å². The zero-order chi connectivity index (χ0) is 16.2. The molecule has 2 rings (SSSR count). The third-order valence-electron chi connectivity index (χ3n) is 3.44. The summed E-state index contributed by atoms with van der Waals surface area (Å²) in [5.74, 6) is 0. The summed E-state index contributed by atoms with van der Waals surface area (Å²) >= 11 is 0. The van der Waals surface area contributed by atoms with Crippen molar-refractivity contribution < 1.29 is 13.5 Å². The predicted octanol–water partition coefficient (Wildman–Crippen LogP) is 2.65. The van der Waals surface area contributed by atoms with E-state index in [-0.39, 0.29) is 18.0 Å². The molecule has 0 atom stereocenters. The Morgan fingerprint density at radius 3 is 2.05 bits per heavy atom. The van der Waals surface area contributed by atoms with Crippen molar-refractivity contribution in [2.24, 2.45) is 5.41 Å². The summed E-state index contributed by atoms with van der Waals surface area (Å²) in [4.78, 5) is 0.223. The molecule has 22 heavy (non-hydrogen) atoms. The maximum atomic E-state index is 12.2. The van der Waals surface area contributed by atoms with Gasteiger partial charge in [0.25, 0.3) is 0 Å². The minimum atomic E-state index is -3.56. The molecule has 0 aromatic heterocycles. The van der Waals surface area contributed by atoms with Gasteiger partial charge in [0, 0.05) is 18.6 Å². The molecule has 4 nitrogen and oxygen atoms in total. The molecule has 5 heteroatoms. The molecule has 0 fully saturated rings. The van der Waals surface area contributed by atoms with Gasteiger partial charge < -0.3 is 5.11 Å². The van der Waals surface area contributed by atoms with Gasteiger partial charge in [-0.05, 0) is 23.3 Å². The number of hydrogen-bond donors (Lipinski definition) is 2. The average molecular weight is 319 g/mol. The Bertz CT molecular complexity index is 707. The molecule has 2 N–H and O–H groups in total. The first kappa shape index (κ1) is 16.7. The monoisotopic (exact) mass is 319 g/mol. The first-order valence-corrected chi connectivity index (χ1v) is 8.58. The molecule has 0 aliphatic heterocycles. The Labute approximate surface area is 131 Å². The number of benzene rings is 2. The van der Waals surface area contributed by atoms with E-state index in [4.69, 9.17) is 0 Å². The minimum Gasteiger partial charge on any atom is -0.396 e. The molecule has 0 bridgehead atoms. The summed E-state index contributed by atoms with van der Waals surface area (Å²) in [7, 11) is -3.56. The standard InChI is InChI=1S/C17H21NO3S/c1-17(2,13-19)12-18-22(20,21)16-10-8-15(9-11-16)14-6-4-3-5-7-14/h3-11,18-19H,12-13H2,1-2H3. The van der Waals surface area contributed by atoms with Crippen LogP contribution in [0.1, 0.15) is 13.8 Å². The van der Waals surface area contributed by atoms with E-state index < -0.39 is 15.4 Å². The van der Waals surface area contributed by atoms with E-state index in [0.29, 0.717) is 0 Å². The van der Waals surface area contributed by atoms with E-state index in [9.17, 15) is 13.5 Å². The lowest BCUT2D eigenvalue weighted by Crippen LogP contribution is -2.36. The highest BCUT2D eigenvalue weighted by Gasteiger charge is 2.21. The van der Waals surface area contributed by atoms with Crippen molar-refractivity contribution in [3.05, 3.63) is 54.6 Å². The Hall–Kier alpha value is -1.69. The van der Waals surface area contributed by atoms with Crippen LogP contribution in [-0.2, 0) is 10.0 Å². The van der Waals surface area contributed by atoms with Gasteiger partial charge in [0.1, 0.15) is 0 Å². The number of rotatable bonds is 6. The summed E-state index contributed by atoms with van der Waals surface area (Å²) in [6.07, 6.45) is 0. The van der Waals surface area contributed by atoms with Gasteiger partial charge in [-0.25, -0.2) is 13.1 Å². The number of nitrogens with one attached hydrogen (secondary N) is 1. The van der Waals surface area contributed by atoms with E-state index in [1.165, 1.54) is 0 Å². The molecule has 0 saturated carbocycles. The van der Waals surface area contributed by atoms with Crippen molar-refractivity contribution in [3.63, 3.8) is 0 Å². The van der Waals surface area contributed by atoms with Gasteiger partial charge in [0.15, 0.2) is 0 Å². The van der Waals surface area contributed by atoms with Crippen LogP contribution in [0.4, 0.5) is 0 Å². The predicted molar refractivity (Wildman–Crippen MR) is 87.9 cm³/mol. The fraction of sp³-hybridized carbons (Fsp3) is 0.294. The summed E-state index contributed by atoms with van der Waals surface area (Å²) < 4.78 is 27.0. The van der Waals surface area contributed by atoms with Crippen molar-refractivity contribution >= 4 is 10.0 Å². The highest BCUT2D eigenvalue weighted by molar-refractivity contribution is 7.89. The van der Waals surface area contributed by atoms with Gasteiger partial charge in [-0.1, -0.05) is 56.3 Å². The normalized spacial score (nSPS) is 12.3. The molecular formula is C17H21NO3S. The SMILES string of the molecule is CC(C)(CO)CNS(=O)(=O)c1ccc(-c2ccccc2)cc1. The van der Waals surface area contributed by atoms with Crippen molar-refractivity contribution in [1.29, 1.82) is 0 Å². The summed E-state index contributed by atoms with van der Waals surface area (Å²) in [5.41, 5.74) is 1.52. The Morgan fingerprint density at radius 1 is 0.955 bits per heavy atom. The lowest BCUT2D eigenvalue weighted by molar-refractivity contribution is 0.163. The largest absolute Gasteiger partial charge is 0.396 e. The summed E-state index contributed by atoms with van der Waals surface area (Å²) in [5, 5.41) is 9.19. The van der Waals surface area contributed by atoms with Crippen LogP contribution in [0.2, 0.25) is 0 Å². The smallest absolute Gasteiger partial charge is 0.240 e. The molecule has 2 aromatic rings. The van der Waals surface area contributed by atoms with Gasteiger partial charge >= 0.3 is 0 Å². The molecule has 0 spiro atoms. The van der Waals surface area contributed by atoms with Crippen molar-refractivity contribution in [3.8, 4) is 11.1 Å². The van der Waals surface area contributed by atoms with E-state index in [2.05, 4.69) is 4.72 Å². The molecule has 0 saturated heterocycles. The highest BCUT2D eigenvalue weighted by Crippen LogP contribution is 2.21. The second kappa shape index (κ2) is 6.60. The van der Waals surface area contributed by atoms with Crippen LogP contribution in [0.5, 0.6) is 0 Å². The van der Waals surface area contributed by atoms with E-state index in [0.717, 1.165) is 11.1 Å². The first-order chi connectivity index (χ1) is 10.3. The molecule has 0 heterocycles. The van der Waals surface area contributed by atoms with Crippen LogP contribution in [0.25, 0.3) is 11.1 Å². The molecule has 0 aliphatic rings. The van der Waals surface area contributed by atoms with Crippen LogP contribution in [0.15, 0.2) is 59.5 Å². The van der Waals surface area contributed by atoms with Crippen LogP contribution in [0, 0.1) is 5.41 Å². The van der Waals surface area contributed by atoms with E-state index in [1.54, 1.807) is 38.1 Å². The Kier molecular flexibility index (Phi) is 5.01. The number of hydrogen-bond acceptors (Lipinski definition) is 3. The second-order valence-corrected chi connectivity index (χ2v) is 7.80. The van der Waals surface area contributed by atoms with E-state index in [1.807, 2.05) is 30.3 Å². The van der Waals surface area contributed by atoms with Gasteiger partial charge in [-0.3, -0.25) is 0 Å². The number of sulfonamides is 1. The van der Waals surface area contributed by atoms with Gasteiger partial charge in [-0.2, -0.15) is 0 Å². The fourth-order valence-electron chi connectivity index (χ4n) is 1.89. The topological polar surface area (TPSA) is 66.4 Å². The van der Waals surface area contributed by atoms with Gasteiger partial charge in [0.2, 0.25) is 10.0 Å². The lowest BCUT2D eigenvalue weighted by atomic mass is 9.96. The van der Waals surface area contributed by atoms with Crippen molar-refractivity contribution in [2.45, 2.75) is 18.7 Å². The fourth-order valence-corrected chi connectivity index (χ4v) is 3.13. The average Bonchev–Trinajstić information content (AvgIpc) is 2.54. The minimum absolute atomic E-state index is 0.0809. The van der Waals surface area contributed by atoms with Crippen LogP contribution in [0.3, 0.4) is 0 Å². The molecule has 0 amide bonds. The summed E-state index contributed by atoms with van der Waals surface area (Å²) in [6, 6.07) is 16.6. The van der Waals surface area contributed by atoms with Crippen LogP contribution < -0.4 is 4.72 Å². The zero-order valence-electron chi connectivity index (χ0n) is 12.8. The molecule has 0 unspecified atom stereocenters. The number of aliphatic hydroxyl groups is 1. The molecule has 0 aliphatic carbocycles. The van der Waals surface area contributed by atoms with Crippen LogP contribution >= 0.6 is 0 Å². The second-order valence-electron chi connectivity index (χ2n) is 6.04. The quantitative estimate of drug-likeness (QED) is 0.860. The Balaban J connectivity index is 2.16. The molecule has 118 valence electrons. The maximum absolute atomic E-state index is 12.2. The number of aliphatic hydroxyl groups excluding tert-OH is 1.